The van der Waals surface area contributed by atoms with Gasteiger partial charge in [-0.3, -0.25) is 4.79 Å². The van der Waals surface area contributed by atoms with Crippen LogP contribution in [0.2, 0.25) is 0 Å². The molecule has 5 unspecified atom stereocenters. The molecule has 150 valence electrons. The number of amides is 1. The highest BCUT2D eigenvalue weighted by Gasteiger charge is 2.42. The molecular formula is C21H29N5OS. The van der Waals surface area contributed by atoms with Gasteiger partial charge in [0.25, 0.3) is 0 Å². The summed E-state index contributed by atoms with van der Waals surface area (Å²) in [6, 6.07) is 6.42. The molecule has 2 saturated carbocycles. The van der Waals surface area contributed by atoms with Gasteiger partial charge in [-0.1, -0.05) is 35.9 Å². The molecule has 6 nitrogen and oxygen atoms in total. The molecule has 2 bridgehead atoms. The van der Waals surface area contributed by atoms with Crippen molar-refractivity contribution in [1.29, 1.82) is 0 Å². The molecule has 1 N–H and O–H groups in total. The van der Waals surface area contributed by atoms with Gasteiger partial charge < -0.3 is 5.32 Å². The number of aryl methyl sites for hydroxylation is 2. The molecule has 0 saturated heterocycles. The lowest BCUT2D eigenvalue weighted by molar-refractivity contribution is -0.121. The van der Waals surface area contributed by atoms with Gasteiger partial charge in [0.05, 0.1) is 10.9 Å². The maximum atomic E-state index is 12.8. The van der Waals surface area contributed by atoms with Crippen molar-refractivity contribution in [1.82, 2.24) is 25.5 Å². The minimum absolute atomic E-state index is 0.0652. The average Bonchev–Trinajstić information content (AvgIpc) is 3.38. The number of carbonyl (C=O) groups is 1. The molecule has 1 aromatic heterocycles. The van der Waals surface area contributed by atoms with Crippen molar-refractivity contribution in [2.24, 2.45) is 17.8 Å². The van der Waals surface area contributed by atoms with Gasteiger partial charge >= 0.3 is 0 Å². The van der Waals surface area contributed by atoms with Gasteiger partial charge in [0, 0.05) is 6.04 Å². The molecule has 2 aliphatic carbocycles. The molecule has 2 fully saturated rings. The summed E-state index contributed by atoms with van der Waals surface area (Å²) < 4.78 is 1.72. The summed E-state index contributed by atoms with van der Waals surface area (Å²) in [6.45, 7) is 8.20. The Bertz CT molecular complexity index is 866. The van der Waals surface area contributed by atoms with Gasteiger partial charge in [0.1, 0.15) is 0 Å². The van der Waals surface area contributed by atoms with Gasteiger partial charge in [0.2, 0.25) is 11.1 Å². The zero-order valence-corrected chi connectivity index (χ0v) is 17.9. The van der Waals surface area contributed by atoms with Crippen LogP contribution in [0, 0.1) is 31.6 Å². The van der Waals surface area contributed by atoms with E-state index in [1.54, 1.807) is 4.68 Å². The molecule has 1 heterocycles. The predicted octanol–water partition coefficient (Wildman–Crippen LogP) is 3.70. The van der Waals surface area contributed by atoms with Gasteiger partial charge in [0.15, 0.2) is 0 Å². The number of nitrogens with one attached hydrogen (secondary N) is 1. The molecular weight excluding hydrogens is 370 g/mol. The van der Waals surface area contributed by atoms with Crippen LogP contribution in [-0.2, 0) is 4.79 Å². The molecule has 7 heteroatoms. The van der Waals surface area contributed by atoms with E-state index in [2.05, 4.69) is 40.8 Å². The fraction of sp³-hybridized carbons (Fsp3) is 0.619. The van der Waals surface area contributed by atoms with E-state index in [9.17, 15) is 4.79 Å². The number of tetrazole rings is 1. The van der Waals surface area contributed by atoms with E-state index in [-0.39, 0.29) is 17.2 Å². The molecule has 0 radical (unpaired) electrons. The summed E-state index contributed by atoms with van der Waals surface area (Å²) >= 11 is 1.41. The monoisotopic (exact) mass is 399 g/mol. The van der Waals surface area contributed by atoms with E-state index in [4.69, 9.17) is 0 Å². The van der Waals surface area contributed by atoms with Crippen LogP contribution in [-0.4, -0.2) is 37.4 Å². The summed E-state index contributed by atoms with van der Waals surface area (Å²) in [6.07, 6.45) is 5.36. The number of benzene rings is 1. The number of rotatable bonds is 6. The van der Waals surface area contributed by atoms with Crippen molar-refractivity contribution in [3.63, 3.8) is 0 Å². The minimum atomic E-state index is -0.253. The topological polar surface area (TPSA) is 72.7 Å². The van der Waals surface area contributed by atoms with Crippen LogP contribution in [0.5, 0.6) is 0 Å². The van der Waals surface area contributed by atoms with Crippen molar-refractivity contribution in [2.45, 2.75) is 69.8 Å². The molecule has 0 spiro atoms. The molecule has 2 aromatic rings. The molecule has 4 rings (SSSR count). The van der Waals surface area contributed by atoms with Crippen molar-refractivity contribution < 1.29 is 4.79 Å². The van der Waals surface area contributed by atoms with Crippen LogP contribution < -0.4 is 5.32 Å². The zero-order chi connectivity index (χ0) is 19.8. The van der Waals surface area contributed by atoms with Crippen LogP contribution in [0.25, 0.3) is 5.69 Å². The van der Waals surface area contributed by atoms with E-state index in [1.807, 2.05) is 26.0 Å². The lowest BCUT2D eigenvalue weighted by Gasteiger charge is -2.29. The van der Waals surface area contributed by atoms with E-state index < -0.39 is 0 Å². The lowest BCUT2D eigenvalue weighted by Crippen LogP contribution is -2.43. The summed E-state index contributed by atoms with van der Waals surface area (Å²) in [5, 5.41) is 15.8. The predicted molar refractivity (Wildman–Crippen MR) is 110 cm³/mol. The SMILES string of the molecule is Cc1ccc(-n2nnnc2SC(C)C(=O)NC(C)C2CC3CCC2C3)c(C)c1. The van der Waals surface area contributed by atoms with Gasteiger partial charge in [-0.15, -0.1) is 5.10 Å². The number of nitrogens with zero attached hydrogens (tertiary/aromatic N) is 4. The summed E-state index contributed by atoms with van der Waals surface area (Å²) in [5.74, 6) is 2.40. The number of hydrogen-bond acceptors (Lipinski definition) is 5. The highest BCUT2D eigenvalue weighted by molar-refractivity contribution is 8.00. The third kappa shape index (κ3) is 3.81. The van der Waals surface area contributed by atoms with Crippen LogP contribution in [0.3, 0.4) is 0 Å². The van der Waals surface area contributed by atoms with Gasteiger partial charge in [-0.2, -0.15) is 4.68 Å². The zero-order valence-electron chi connectivity index (χ0n) is 17.1. The largest absolute Gasteiger partial charge is 0.352 e. The highest BCUT2D eigenvalue weighted by Crippen LogP contribution is 2.49. The van der Waals surface area contributed by atoms with Crippen LogP contribution in [0.15, 0.2) is 23.4 Å². The Kier molecular flexibility index (Phi) is 5.45. The van der Waals surface area contributed by atoms with Crippen molar-refractivity contribution >= 4 is 17.7 Å². The van der Waals surface area contributed by atoms with E-state index >= 15 is 0 Å². The van der Waals surface area contributed by atoms with E-state index in [0.29, 0.717) is 11.1 Å². The Morgan fingerprint density at radius 2 is 2.07 bits per heavy atom. The Hall–Kier alpha value is -1.89. The summed E-state index contributed by atoms with van der Waals surface area (Å²) in [4.78, 5) is 12.8. The number of aromatic nitrogens is 4. The Morgan fingerprint density at radius 3 is 2.75 bits per heavy atom. The normalized spacial score (nSPS) is 25.6. The summed E-state index contributed by atoms with van der Waals surface area (Å²) in [5.41, 5.74) is 3.25. The van der Waals surface area contributed by atoms with E-state index in [1.165, 1.54) is 43.0 Å². The van der Waals surface area contributed by atoms with Crippen molar-refractivity contribution in [3.8, 4) is 5.69 Å². The Labute approximate surface area is 170 Å². The van der Waals surface area contributed by atoms with Crippen LogP contribution in [0.1, 0.15) is 50.7 Å². The molecule has 1 amide bonds. The van der Waals surface area contributed by atoms with Gasteiger partial charge in [-0.05, 0) is 86.8 Å². The number of carbonyl (C=O) groups excluding carboxylic acids is 1. The van der Waals surface area contributed by atoms with E-state index in [0.717, 1.165) is 23.1 Å². The minimum Gasteiger partial charge on any atom is -0.352 e. The fourth-order valence-electron chi connectivity index (χ4n) is 5.01. The van der Waals surface area contributed by atoms with Crippen molar-refractivity contribution in [3.05, 3.63) is 29.3 Å². The first-order chi connectivity index (χ1) is 13.4. The molecule has 28 heavy (non-hydrogen) atoms. The second-order valence-electron chi connectivity index (χ2n) is 8.56. The molecule has 2 aliphatic rings. The fourth-order valence-corrected chi connectivity index (χ4v) is 5.82. The maximum absolute atomic E-state index is 12.8. The van der Waals surface area contributed by atoms with Crippen LogP contribution in [0.4, 0.5) is 0 Å². The quantitative estimate of drug-likeness (QED) is 0.750. The Morgan fingerprint density at radius 1 is 1.25 bits per heavy atom. The third-order valence-electron chi connectivity index (χ3n) is 6.48. The second-order valence-corrected chi connectivity index (χ2v) is 9.87. The van der Waals surface area contributed by atoms with Crippen LogP contribution >= 0.6 is 11.8 Å². The molecule has 0 aliphatic heterocycles. The number of fused-ring (bicyclic) bond motifs is 2. The molecule has 1 aromatic carbocycles. The maximum Gasteiger partial charge on any atom is 0.233 e. The lowest BCUT2D eigenvalue weighted by atomic mass is 9.84. The number of thioether (sulfide) groups is 1. The first kappa shape index (κ1) is 19.4. The standard InChI is InChI=1S/C21H29N5OS/c1-12-5-8-19(13(2)9-12)26-21(23-24-25-26)28-15(4)20(27)22-14(3)18-11-16-6-7-17(18)10-16/h5,8-9,14-18H,6-7,10-11H2,1-4H3,(H,22,27). The average molecular weight is 400 g/mol. The summed E-state index contributed by atoms with van der Waals surface area (Å²) in [7, 11) is 0. The van der Waals surface area contributed by atoms with Gasteiger partial charge in [-0.25, -0.2) is 0 Å². The highest BCUT2D eigenvalue weighted by atomic mass is 32.2. The third-order valence-corrected chi connectivity index (χ3v) is 7.51. The number of hydrogen-bond donors (Lipinski definition) is 1. The first-order valence-corrected chi connectivity index (χ1v) is 11.1. The Balaban J connectivity index is 1.40. The smallest absolute Gasteiger partial charge is 0.233 e. The van der Waals surface area contributed by atoms with Crippen molar-refractivity contribution in [2.75, 3.05) is 0 Å². The molecule has 5 atom stereocenters. The first-order valence-electron chi connectivity index (χ1n) is 10.3. The second kappa shape index (κ2) is 7.85.